The van der Waals surface area contributed by atoms with Crippen LogP contribution in [0, 0.1) is 5.92 Å². The third kappa shape index (κ3) is 2.98. The zero-order valence-electron chi connectivity index (χ0n) is 7.87. The van der Waals surface area contributed by atoms with Gasteiger partial charge in [-0.3, -0.25) is 4.98 Å². The zero-order valence-corrected chi connectivity index (χ0v) is 8.62. The maximum absolute atomic E-state index is 9.30. The van der Waals surface area contributed by atoms with Crippen molar-refractivity contribution in [3.05, 3.63) is 29.0 Å². The van der Waals surface area contributed by atoms with E-state index in [0.29, 0.717) is 5.02 Å². The molecule has 1 aromatic heterocycles. The minimum Gasteiger partial charge on any atom is -0.393 e. The van der Waals surface area contributed by atoms with Gasteiger partial charge < -0.3 is 5.11 Å². The zero-order chi connectivity index (χ0) is 9.84. The highest BCUT2D eigenvalue weighted by Gasteiger charge is 2.11. The fourth-order valence-electron chi connectivity index (χ4n) is 1.04. The number of hydrogen-bond acceptors (Lipinski definition) is 2. The van der Waals surface area contributed by atoms with Gasteiger partial charge in [0.15, 0.2) is 0 Å². The molecule has 0 amide bonds. The first-order chi connectivity index (χ1) is 6.11. The van der Waals surface area contributed by atoms with Gasteiger partial charge >= 0.3 is 0 Å². The van der Waals surface area contributed by atoms with Crippen molar-refractivity contribution in [2.75, 3.05) is 0 Å². The van der Waals surface area contributed by atoms with E-state index in [9.17, 15) is 5.11 Å². The van der Waals surface area contributed by atoms with Crippen molar-refractivity contribution >= 4 is 11.6 Å². The Balaban J connectivity index is 2.69. The van der Waals surface area contributed by atoms with E-state index in [1.807, 2.05) is 13.0 Å². The van der Waals surface area contributed by atoms with Gasteiger partial charge in [0.1, 0.15) is 0 Å². The summed E-state index contributed by atoms with van der Waals surface area (Å²) in [5.41, 5.74) is 0.859. The van der Waals surface area contributed by atoms with Crippen LogP contribution >= 0.6 is 11.6 Å². The van der Waals surface area contributed by atoms with E-state index in [-0.39, 0.29) is 12.0 Å². The third-order valence-electron chi connectivity index (χ3n) is 2.17. The van der Waals surface area contributed by atoms with Gasteiger partial charge in [-0.2, -0.15) is 0 Å². The maximum atomic E-state index is 9.30. The molecule has 2 unspecified atom stereocenters. The second-order valence-electron chi connectivity index (χ2n) is 3.35. The molecule has 0 aromatic carbocycles. The lowest BCUT2D eigenvalue weighted by molar-refractivity contribution is 0.134. The summed E-state index contributed by atoms with van der Waals surface area (Å²) in [6.07, 6.45) is 2.12. The van der Waals surface area contributed by atoms with Gasteiger partial charge in [0.2, 0.25) is 0 Å². The molecule has 0 aliphatic rings. The quantitative estimate of drug-likeness (QED) is 0.811. The number of hydrogen-bond donors (Lipinski definition) is 1. The van der Waals surface area contributed by atoms with Gasteiger partial charge in [-0.1, -0.05) is 18.5 Å². The lowest BCUT2D eigenvalue weighted by Crippen LogP contribution is -2.16. The highest BCUT2D eigenvalue weighted by atomic mass is 35.5. The minimum absolute atomic E-state index is 0.187. The Morgan fingerprint density at radius 3 is 2.77 bits per heavy atom. The van der Waals surface area contributed by atoms with Crippen LogP contribution in [0.5, 0.6) is 0 Å². The predicted octanol–water partition coefficient (Wildman–Crippen LogP) is 2.29. The van der Waals surface area contributed by atoms with E-state index in [0.717, 1.165) is 12.1 Å². The van der Waals surface area contributed by atoms with Crippen molar-refractivity contribution in [2.24, 2.45) is 5.92 Å². The van der Waals surface area contributed by atoms with Crippen molar-refractivity contribution in [1.29, 1.82) is 0 Å². The molecule has 1 rings (SSSR count). The number of aromatic nitrogens is 1. The Hall–Kier alpha value is -0.600. The topological polar surface area (TPSA) is 33.1 Å². The van der Waals surface area contributed by atoms with Crippen LogP contribution in [0.1, 0.15) is 19.5 Å². The molecule has 1 heterocycles. The molecule has 0 aliphatic carbocycles. The smallest absolute Gasteiger partial charge is 0.0621 e. The molecule has 0 aliphatic heterocycles. The molecule has 2 nitrogen and oxygen atoms in total. The molecule has 1 N–H and O–H groups in total. The van der Waals surface area contributed by atoms with Crippen LogP contribution in [0.25, 0.3) is 0 Å². The van der Waals surface area contributed by atoms with E-state index in [1.165, 1.54) is 0 Å². The van der Waals surface area contributed by atoms with E-state index < -0.39 is 0 Å². The summed E-state index contributed by atoms with van der Waals surface area (Å²) < 4.78 is 0. The van der Waals surface area contributed by atoms with E-state index in [4.69, 9.17) is 11.6 Å². The number of pyridine rings is 1. The molecule has 1 aromatic rings. The Labute approximate surface area is 83.6 Å². The summed E-state index contributed by atoms with van der Waals surface area (Å²) >= 11 is 5.93. The third-order valence-corrected chi connectivity index (χ3v) is 2.52. The van der Waals surface area contributed by atoms with E-state index in [2.05, 4.69) is 4.98 Å². The first kappa shape index (κ1) is 10.5. The standard InChI is InChI=1S/C10H14ClNO/c1-7(8(2)13)6-10-9(11)4-3-5-12-10/h3-5,7-8,13H,6H2,1-2H3. The first-order valence-corrected chi connectivity index (χ1v) is 4.76. The molecule has 3 heteroatoms. The fraction of sp³-hybridized carbons (Fsp3) is 0.500. The summed E-state index contributed by atoms with van der Waals surface area (Å²) in [5.74, 6) is 0.187. The van der Waals surface area contributed by atoms with Gasteiger partial charge in [0.25, 0.3) is 0 Å². The highest BCUT2D eigenvalue weighted by Crippen LogP contribution is 2.17. The molecule has 0 bridgehead atoms. The van der Waals surface area contributed by atoms with Crippen LogP contribution < -0.4 is 0 Å². The Morgan fingerprint density at radius 2 is 2.23 bits per heavy atom. The molecule has 72 valence electrons. The van der Waals surface area contributed by atoms with Gasteiger partial charge in [0, 0.05) is 6.20 Å². The predicted molar refractivity (Wildman–Crippen MR) is 53.8 cm³/mol. The molecule has 13 heavy (non-hydrogen) atoms. The molecule has 0 fully saturated rings. The Morgan fingerprint density at radius 1 is 1.54 bits per heavy atom. The van der Waals surface area contributed by atoms with Crippen LogP contribution in [0.15, 0.2) is 18.3 Å². The number of aliphatic hydroxyl groups is 1. The van der Waals surface area contributed by atoms with Crippen LogP contribution in [0.2, 0.25) is 5.02 Å². The summed E-state index contributed by atoms with van der Waals surface area (Å²) in [6, 6.07) is 3.62. The lowest BCUT2D eigenvalue weighted by atomic mass is 10.00. The van der Waals surface area contributed by atoms with Crippen LogP contribution in [0.3, 0.4) is 0 Å². The average Bonchev–Trinajstić information content (AvgIpc) is 2.08. The van der Waals surface area contributed by atoms with Gasteiger partial charge in [-0.25, -0.2) is 0 Å². The van der Waals surface area contributed by atoms with Crippen LogP contribution in [-0.4, -0.2) is 16.2 Å². The largest absolute Gasteiger partial charge is 0.393 e. The molecule has 0 radical (unpaired) electrons. The maximum Gasteiger partial charge on any atom is 0.0621 e. The van der Waals surface area contributed by atoms with Gasteiger partial charge in [0.05, 0.1) is 16.8 Å². The molecular formula is C10H14ClNO. The van der Waals surface area contributed by atoms with E-state index >= 15 is 0 Å². The minimum atomic E-state index is -0.321. The average molecular weight is 200 g/mol. The van der Waals surface area contributed by atoms with Crippen LogP contribution in [-0.2, 0) is 6.42 Å². The van der Waals surface area contributed by atoms with Crippen molar-refractivity contribution in [2.45, 2.75) is 26.4 Å². The summed E-state index contributed by atoms with van der Waals surface area (Å²) in [4.78, 5) is 4.16. The molecule has 0 saturated heterocycles. The Bertz CT molecular complexity index is 275. The second-order valence-corrected chi connectivity index (χ2v) is 3.76. The summed E-state index contributed by atoms with van der Waals surface area (Å²) in [5, 5.41) is 9.98. The van der Waals surface area contributed by atoms with Gasteiger partial charge in [-0.05, 0) is 31.4 Å². The number of aliphatic hydroxyl groups excluding tert-OH is 1. The highest BCUT2D eigenvalue weighted by molar-refractivity contribution is 6.31. The fourth-order valence-corrected chi connectivity index (χ4v) is 1.24. The summed E-state index contributed by atoms with van der Waals surface area (Å²) in [6.45, 7) is 3.76. The van der Waals surface area contributed by atoms with Crippen molar-refractivity contribution < 1.29 is 5.11 Å². The monoisotopic (exact) mass is 199 g/mol. The molecule has 0 spiro atoms. The number of nitrogens with zero attached hydrogens (tertiary/aromatic N) is 1. The second kappa shape index (κ2) is 4.58. The van der Waals surface area contributed by atoms with Crippen molar-refractivity contribution in [1.82, 2.24) is 4.98 Å². The number of halogens is 1. The number of rotatable bonds is 3. The molecule has 2 atom stereocenters. The van der Waals surface area contributed by atoms with Gasteiger partial charge in [-0.15, -0.1) is 0 Å². The normalized spacial score (nSPS) is 15.4. The lowest BCUT2D eigenvalue weighted by Gasteiger charge is -2.14. The summed E-state index contributed by atoms with van der Waals surface area (Å²) in [7, 11) is 0. The molecule has 0 saturated carbocycles. The van der Waals surface area contributed by atoms with Crippen molar-refractivity contribution in [3.63, 3.8) is 0 Å². The van der Waals surface area contributed by atoms with Crippen LogP contribution in [0.4, 0.5) is 0 Å². The molecular weight excluding hydrogens is 186 g/mol. The first-order valence-electron chi connectivity index (χ1n) is 4.38. The Kier molecular flexibility index (Phi) is 3.70. The van der Waals surface area contributed by atoms with Crippen molar-refractivity contribution in [3.8, 4) is 0 Å². The van der Waals surface area contributed by atoms with E-state index in [1.54, 1.807) is 19.2 Å². The SMILES string of the molecule is CC(O)C(C)Cc1ncccc1Cl.